The van der Waals surface area contributed by atoms with Gasteiger partial charge in [0.1, 0.15) is 18.0 Å². The third kappa shape index (κ3) is 8.66. The van der Waals surface area contributed by atoms with Crippen LogP contribution in [0.3, 0.4) is 0 Å². The van der Waals surface area contributed by atoms with Gasteiger partial charge in [-0.1, -0.05) is 78.9 Å². The minimum atomic E-state index is -3.47. The van der Waals surface area contributed by atoms with Crippen molar-refractivity contribution < 1.29 is 33.4 Å². The molecule has 1 aliphatic rings. The monoisotopic (exact) mass is 727 g/mol. The Balaban J connectivity index is 1.38. The summed E-state index contributed by atoms with van der Waals surface area (Å²) >= 11 is 0. The summed E-state index contributed by atoms with van der Waals surface area (Å²) in [5, 5.41) is 31.9. The van der Waals surface area contributed by atoms with Gasteiger partial charge in [0.05, 0.1) is 30.8 Å². The van der Waals surface area contributed by atoms with Gasteiger partial charge in [-0.15, -0.1) is 0 Å². The number of H-pyrrole nitrogens is 1. The first-order chi connectivity index (χ1) is 25.2. The van der Waals surface area contributed by atoms with Crippen molar-refractivity contribution in [1.29, 1.82) is 0 Å². The zero-order chi connectivity index (χ0) is 36.7. The van der Waals surface area contributed by atoms with Crippen LogP contribution < -0.4 is 10.5 Å². The number of benzene rings is 4. The smallest absolute Gasteiger partial charge is 0.367 e. The van der Waals surface area contributed by atoms with E-state index in [1.807, 2.05) is 84.9 Å². The molecule has 1 saturated heterocycles. The standard InChI is InChI=1S/C39H46N5O7P/c1-3-50-52(48,51-4-2)26-49-31-17-11-16-29(20-31)24-43-34(22-27-12-7-5-8-13-27)36(45)37(46)35(23-28-14-9-6-10-15-28)44(39(43)47)25-30-18-19-33-32(21-30)38(40)42-41-33/h5-21,34-37,45-46H,3-4,22-26H2,1-2H3,(H3,40,41,42)/t34-,35-,36+,37+/m1/s1. The number of aliphatic hydroxyl groups excluding tert-OH is 2. The molecule has 2 amide bonds. The number of aromatic amines is 1. The molecule has 0 saturated carbocycles. The van der Waals surface area contributed by atoms with Crippen molar-refractivity contribution in [3.8, 4) is 5.75 Å². The summed E-state index contributed by atoms with van der Waals surface area (Å²) in [5.74, 6) is 0.769. The fraction of sp³-hybridized carbons (Fsp3) is 0.333. The number of amides is 2. The Morgan fingerprint density at radius 1 is 0.750 bits per heavy atom. The number of nitrogens with one attached hydrogen (secondary N) is 1. The second-order valence-corrected chi connectivity index (χ2v) is 14.9. The van der Waals surface area contributed by atoms with Gasteiger partial charge in [-0.05, 0) is 73.2 Å². The second kappa shape index (κ2) is 16.8. The molecule has 0 aliphatic carbocycles. The van der Waals surface area contributed by atoms with Crippen LogP contribution in [0.4, 0.5) is 10.6 Å². The molecule has 274 valence electrons. The molecule has 12 nitrogen and oxygen atoms in total. The number of nitrogens with zero attached hydrogens (tertiary/aromatic N) is 3. The van der Waals surface area contributed by atoms with Gasteiger partial charge in [0.2, 0.25) is 0 Å². The van der Waals surface area contributed by atoms with Gasteiger partial charge in [-0.3, -0.25) is 9.66 Å². The van der Waals surface area contributed by atoms with E-state index in [0.717, 1.165) is 27.6 Å². The molecular weight excluding hydrogens is 681 g/mol. The second-order valence-electron chi connectivity index (χ2n) is 12.9. The third-order valence-electron chi connectivity index (χ3n) is 9.31. The molecule has 1 aliphatic heterocycles. The zero-order valence-electron chi connectivity index (χ0n) is 29.4. The lowest BCUT2D eigenvalue weighted by Gasteiger charge is -2.36. The van der Waals surface area contributed by atoms with E-state index >= 15 is 4.79 Å². The molecule has 5 aromatic rings. The normalized spacial score (nSPS) is 19.6. The van der Waals surface area contributed by atoms with E-state index in [2.05, 4.69) is 10.2 Å². The number of fused-ring (bicyclic) bond motifs is 1. The van der Waals surface area contributed by atoms with Crippen LogP contribution >= 0.6 is 7.60 Å². The maximum Gasteiger partial charge on any atom is 0.367 e. The Labute approximate surface area is 303 Å². The highest BCUT2D eigenvalue weighted by Crippen LogP contribution is 2.48. The summed E-state index contributed by atoms with van der Waals surface area (Å²) in [6, 6.07) is 30.2. The van der Waals surface area contributed by atoms with Gasteiger partial charge >= 0.3 is 13.6 Å². The Kier molecular flexibility index (Phi) is 11.9. The number of ether oxygens (including phenoxy) is 1. The van der Waals surface area contributed by atoms with E-state index in [1.165, 1.54) is 0 Å². The van der Waals surface area contributed by atoms with Crippen molar-refractivity contribution in [1.82, 2.24) is 20.0 Å². The van der Waals surface area contributed by atoms with E-state index in [4.69, 9.17) is 19.5 Å². The van der Waals surface area contributed by atoms with Crippen LogP contribution in [0, 0.1) is 0 Å². The van der Waals surface area contributed by atoms with Crippen LogP contribution in [0.15, 0.2) is 103 Å². The van der Waals surface area contributed by atoms with Gasteiger partial charge < -0.3 is 39.5 Å². The largest absolute Gasteiger partial charge is 0.481 e. The number of carbonyl (C=O) groups excluding carboxylic acids is 1. The van der Waals surface area contributed by atoms with Gasteiger partial charge in [0, 0.05) is 18.5 Å². The van der Waals surface area contributed by atoms with E-state index < -0.39 is 31.9 Å². The highest BCUT2D eigenvalue weighted by atomic mass is 31.2. The highest BCUT2D eigenvalue weighted by Gasteiger charge is 2.46. The predicted octanol–water partition coefficient (Wildman–Crippen LogP) is 6.13. The molecule has 6 rings (SSSR count). The molecule has 0 unspecified atom stereocenters. The van der Waals surface area contributed by atoms with Crippen molar-refractivity contribution >= 4 is 30.3 Å². The van der Waals surface area contributed by atoms with E-state index in [9.17, 15) is 14.8 Å². The number of aromatic nitrogens is 2. The maximum absolute atomic E-state index is 15.1. The Morgan fingerprint density at radius 3 is 1.85 bits per heavy atom. The van der Waals surface area contributed by atoms with Crippen LogP contribution in [-0.4, -0.2) is 80.1 Å². The summed E-state index contributed by atoms with van der Waals surface area (Å²) in [4.78, 5) is 18.4. The van der Waals surface area contributed by atoms with Gasteiger partial charge in [0.15, 0.2) is 12.2 Å². The minimum Gasteiger partial charge on any atom is -0.481 e. The molecule has 0 spiro atoms. The summed E-state index contributed by atoms with van der Waals surface area (Å²) in [6.45, 7) is 4.12. The molecule has 52 heavy (non-hydrogen) atoms. The molecule has 13 heteroatoms. The minimum absolute atomic E-state index is 0.0914. The van der Waals surface area contributed by atoms with Crippen LogP contribution in [0.2, 0.25) is 0 Å². The third-order valence-corrected chi connectivity index (χ3v) is 11.1. The summed E-state index contributed by atoms with van der Waals surface area (Å²) in [7, 11) is -3.47. The summed E-state index contributed by atoms with van der Waals surface area (Å²) in [5.41, 5.74) is 10.2. The van der Waals surface area contributed by atoms with E-state index in [1.54, 1.807) is 41.8 Å². The SMILES string of the molecule is CCOP(=O)(COc1cccc(CN2C(=O)N(Cc3ccc4[nH]nc(N)c4c3)[C@H](Cc3ccccc3)[C@H](O)[C@@H](O)[C@H]2Cc2ccccc2)c1)OCC. The Morgan fingerprint density at radius 2 is 1.29 bits per heavy atom. The lowest BCUT2D eigenvalue weighted by molar-refractivity contribution is -0.0408. The van der Waals surface area contributed by atoms with Gasteiger partial charge in [-0.25, -0.2) is 4.79 Å². The van der Waals surface area contributed by atoms with Crippen LogP contribution in [0.5, 0.6) is 5.75 Å². The molecule has 1 fully saturated rings. The molecule has 5 N–H and O–H groups in total. The molecule has 0 bridgehead atoms. The van der Waals surface area contributed by atoms with E-state index in [0.29, 0.717) is 30.0 Å². The Bertz CT molecular complexity index is 1970. The first kappa shape index (κ1) is 37.1. The van der Waals surface area contributed by atoms with Gasteiger partial charge in [-0.2, -0.15) is 5.10 Å². The molecule has 2 heterocycles. The number of carbonyl (C=O) groups is 1. The fourth-order valence-electron chi connectivity index (χ4n) is 6.78. The van der Waals surface area contributed by atoms with Gasteiger partial charge in [0.25, 0.3) is 0 Å². The van der Waals surface area contributed by atoms with Crippen molar-refractivity contribution in [2.24, 2.45) is 0 Å². The summed E-state index contributed by atoms with van der Waals surface area (Å²) < 4.78 is 29.8. The first-order valence-corrected chi connectivity index (χ1v) is 19.2. The molecule has 4 aromatic carbocycles. The number of hydrogen-bond donors (Lipinski definition) is 4. The number of urea groups is 1. The van der Waals surface area contributed by atoms with Crippen molar-refractivity contribution in [2.45, 2.75) is 64.1 Å². The highest BCUT2D eigenvalue weighted by molar-refractivity contribution is 7.53. The average Bonchev–Trinajstić information content (AvgIpc) is 3.51. The zero-order valence-corrected chi connectivity index (χ0v) is 30.3. The van der Waals surface area contributed by atoms with Crippen LogP contribution in [0.1, 0.15) is 36.1 Å². The number of aliphatic hydroxyl groups is 2. The average molecular weight is 728 g/mol. The van der Waals surface area contributed by atoms with E-state index in [-0.39, 0.29) is 38.7 Å². The van der Waals surface area contributed by atoms with Crippen molar-refractivity contribution in [3.05, 3.63) is 125 Å². The predicted molar refractivity (Wildman–Crippen MR) is 200 cm³/mol. The molecule has 1 aromatic heterocycles. The quantitative estimate of drug-likeness (QED) is 0.0930. The first-order valence-electron chi connectivity index (χ1n) is 17.5. The lowest BCUT2D eigenvalue weighted by atomic mass is 9.91. The van der Waals surface area contributed by atoms with Crippen LogP contribution in [0.25, 0.3) is 10.9 Å². The topological polar surface area (TPSA) is 163 Å². The maximum atomic E-state index is 15.1. The lowest BCUT2D eigenvalue weighted by Crippen LogP contribution is -2.50. The number of nitrogens with two attached hydrogens (primary N) is 1. The Hall–Kier alpha value is -4.71. The number of anilines is 1. The van der Waals surface area contributed by atoms with Crippen molar-refractivity contribution in [2.75, 3.05) is 25.3 Å². The molecular formula is C39H46N5O7P. The van der Waals surface area contributed by atoms with Crippen LogP contribution in [-0.2, 0) is 39.5 Å². The summed E-state index contributed by atoms with van der Waals surface area (Å²) in [6.07, 6.45) is -2.24. The molecule has 4 atom stereocenters. The number of hydrogen-bond acceptors (Lipinski definition) is 9. The fourth-order valence-corrected chi connectivity index (χ4v) is 8.10. The molecule has 0 radical (unpaired) electrons. The number of nitrogen functional groups attached to an aromatic ring is 1. The van der Waals surface area contributed by atoms with Crippen molar-refractivity contribution in [3.63, 3.8) is 0 Å². The number of rotatable bonds is 15.